The minimum absolute atomic E-state index is 0.213. The molecule has 0 unspecified atom stereocenters. The fourth-order valence-corrected chi connectivity index (χ4v) is 2.72. The number of alkyl halides is 1. The zero-order valence-electron chi connectivity index (χ0n) is 11.8. The molecule has 0 bridgehead atoms. The fraction of sp³-hybridized carbons (Fsp3) is 0.769. The maximum atomic E-state index is 11.7. The molecule has 0 atom stereocenters. The van der Waals surface area contributed by atoms with Crippen molar-refractivity contribution in [1.82, 2.24) is 19.9 Å². The Labute approximate surface area is 124 Å². The highest BCUT2D eigenvalue weighted by Crippen LogP contribution is 2.12. The average Bonchev–Trinajstić information content (AvgIpc) is 3.08. The van der Waals surface area contributed by atoms with Gasteiger partial charge in [0.05, 0.1) is 18.2 Å². The lowest BCUT2D eigenvalue weighted by molar-refractivity contribution is 0.0518. The Bertz CT molecular complexity index is 444. The lowest BCUT2D eigenvalue weighted by Crippen LogP contribution is -2.22. The van der Waals surface area contributed by atoms with Gasteiger partial charge in [0.25, 0.3) is 0 Å². The van der Waals surface area contributed by atoms with E-state index in [1.165, 1.54) is 25.9 Å². The zero-order chi connectivity index (χ0) is 14.4. The van der Waals surface area contributed by atoms with Crippen molar-refractivity contribution in [2.24, 2.45) is 0 Å². The normalized spacial score (nSPS) is 15.7. The van der Waals surface area contributed by atoms with E-state index >= 15 is 0 Å². The van der Waals surface area contributed by atoms with Gasteiger partial charge in [0.1, 0.15) is 0 Å². The minimum Gasteiger partial charge on any atom is -0.461 e. The summed E-state index contributed by atoms with van der Waals surface area (Å²) in [6.07, 6.45) is 3.57. The second kappa shape index (κ2) is 7.59. The molecule has 0 radical (unpaired) electrons. The molecule has 1 fully saturated rings. The maximum absolute atomic E-state index is 11.7. The molecule has 0 N–H and O–H groups in total. The number of hydrogen-bond donors (Lipinski definition) is 0. The molecule has 112 valence electrons. The number of esters is 1. The second-order valence-electron chi connectivity index (χ2n) is 4.86. The van der Waals surface area contributed by atoms with Gasteiger partial charge in [-0.05, 0) is 45.8 Å². The first kappa shape index (κ1) is 15.3. The number of aromatic nitrogens is 3. The molecule has 0 saturated carbocycles. The van der Waals surface area contributed by atoms with Crippen molar-refractivity contribution in [3.63, 3.8) is 0 Å². The third-order valence-electron chi connectivity index (χ3n) is 3.48. The van der Waals surface area contributed by atoms with Gasteiger partial charge in [-0.3, -0.25) is 0 Å². The number of aryl methyl sites for hydroxylation is 1. The highest BCUT2D eigenvalue weighted by Gasteiger charge is 2.20. The Balaban J connectivity index is 1.91. The molecule has 1 aliphatic rings. The topological polar surface area (TPSA) is 60.2 Å². The summed E-state index contributed by atoms with van der Waals surface area (Å²) in [5.41, 5.74) is 0.884. The molecule has 0 aromatic carbocycles. The quantitative estimate of drug-likeness (QED) is 0.566. The molecular formula is C13H21ClN4O2. The van der Waals surface area contributed by atoms with Crippen molar-refractivity contribution in [2.75, 3.05) is 26.2 Å². The molecule has 2 heterocycles. The summed E-state index contributed by atoms with van der Waals surface area (Å²) in [6.45, 7) is 6.24. The summed E-state index contributed by atoms with van der Waals surface area (Å²) >= 11 is 5.91. The Morgan fingerprint density at radius 3 is 2.75 bits per heavy atom. The number of likely N-dealkylation sites (tertiary alicyclic amines) is 1. The van der Waals surface area contributed by atoms with Crippen LogP contribution in [0.3, 0.4) is 0 Å². The van der Waals surface area contributed by atoms with Crippen LogP contribution in [-0.4, -0.2) is 52.1 Å². The molecule has 0 aliphatic carbocycles. The summed E-state index contributed by atoms with van der Waals surface area (Å²) in [7, 11) is 0. The van der Waals surface area contributed by atoms with Crippen LogP contribution in [0.25, 0.3) is 0 Å². The van der Waals surface area contributed by atoms with E-state index in [9.17, 15) is 4.79 Å². The van der Waals surface area contributed by atoms with Gasteiger partial charge in [0, 0.05) is 6.54 Å². The number of halogens is 1. The van der Waals surface area contributed by atoms with Crippen molar-refractivity contribution in [1.29, 1.82) is 0 Å². The summed E-state index contributed by atoms with van der Waals surface area (Å²) in [4.78, 5) is 14.2. The van der Waals surface area contributed by atoms with Gasteiger partial charge in [-0.25, -0.2) is 9.48 Å². The van der Waals surface area contributed by atoms with Crippen LogP contribution in [-0.2, 0) is 17.2 Å². The Hall–Kier alpha value is -1.14. The van der Waals surface area contributed by atoms with Crippen LogP contribution < -0.4 is 0 Å². The first-order chi connectivity index (χ1) is 9.76. The monoisotopic (exact) mass is 300 g/mol. The molecule has 0 spiro atoms. The number of ether oxygens (including phenoxy) is 1. The van der Waals surface area contributed by atoms with Gasteiger partial charge in [-0.1, -0.05) is 5.21 Å². The number of carbonyl (C=O) groups excluding carboxylic acids is 1. The van der Waals surface area contributed by atoms with Crippen molar-refractivity contribution in [2.45, 2.75) is 38.6 Å². The Morgan fingerprint density at radius 1 is 1.35 bits per heavy atom. The number of carbonyl (C=O) groups is 1. The maximum Gasteiger partial charge on any atom is 0.360 e. The smallest absolute Gasteiger partial charge is 0.360 e. The highest BCUT2D eigenvalue weighted by molar-refractivity contribution is 6.17. The van der Waals surface area contributed by atoms with Gasteiger partial charge in [-0.2, -0.15) is 0 Å². The molecule has 20 heavy (non-hydrogen) atoms. The first-order valence-corrected chi connectivity index (χ1v) is 7.67. The Kier molecular flexibility index (Phi) is 5.79. The van der Waals surface area contributed by atoms with Crippen LogP contribution in [0.1, 0.15) is 42.4 Å². The van der Waals surface area contributed by atoms with Crippen LogP contribution in [0.4, 0.5) is 0 Å². The molecular weight excluding hydrogens is 280 g/mol. The standard InChI is InChI=1S/C13H21ClN4O2/c1-2-20-13(19)12-11(10-14)18(16-15-12)9-5-8-17-6-3-4-7-17/h2-10H2,1H3. The van der Waals surface area contributed by atoms with Crippen LogP contribution in [0, 0.1) is 0 Å². The molecule has 7 heteroatoms. The predicted molar refractivity (Wildman–Crippen MR) is 75.8 cm³/mol. The SMILES string of the molecule is CCOC(=O)c1nnn(CCCN2CCCC2)c1CCl. The molecule has 2 rings (SSSR count). The van der Waals surface area contributed by atoms with Gasteiger partial charge < -0.3 is 9.64 Å². The van der Waals surface area contributed by atoms with E-state index < -0.39 is 5.97 Å². The molecule has 1 aromatic rings. The highest BCUT2D eigenvalue weighted by atomic mass is 35.5. The van der Waals surface area contributed by atoms with Crippen molar-refractivity contribution < 1.29 is 9.53 Å². The number of rotatable bonds is 7. The van der Waals surface area contributed by atoms with Crippen LogP contribution >= 0.6 is 11.6 Å². The molecule has 6 nitrogen and oxygen atoms in total. The van der Waals surface area contributed by atoms with Gasteiger partial charge in [0.15, 0.2) is 5.69 Å². The van der Waals surface area contributed by atoms with Crippen molar-refractivity contribution in [3.05, 3.63) is 11.4 Å². The molecule has 0 amide bonds. The van der Waals surface area contributed by atoms with E-state index in [4.69, 9.17) is 16.3 Å². The van der Waals surface area contributed by atoms with Crippen LogP contribution in [0.5, 0.6) is 0 Å². The van der Waals surface area contributed by atoms with E-state index in [0.29, 0.717) is 12.3 Å². The van der Waals surface area contributed by atoms with Gasteiger partial charge in [-0.15, -0.1) is 16.7 Å². The summed E-state index contributed by atoms with van der Waals surface area (Å²) in [5, 5.41) is 7.91. The number of hydrogen-bond acceptors (Lipinski definition) is 5. The number of nitrogens with zero attached hydrogens (tertiary/aromatic N) is 4. The lowest BCUT2D eigenvalue weighted by atomic mass is 10.3. The second-order valence-corrected chi connectivity index (χ2v) is 5.13. The van der Waals surface area contributed by atoms with E-state index in [0.717, 1.165) is 19.5 Å². The average molecular weight is 301 g/mol. The van der Waals surface area contributed by atoms with E-state index in [1.54, 1.807) is 11.6 Å². The third-order valence-corrected chi connectivity index (χ3v) is 3.73. The van der Waals surface area contributed by atoms with Gasteiger partial charge >= 0.3 is 5.97 Å². The fourth-order valence-electron chi connectivity index (χ4n) is 2.45. The van der Waals surface area contributed by atoms with E-state index in [1.807, 2.05) is 0 Å². The first-order valence-electron chi connectivity index (χ1n) is 7.14. The third kappa shape index (κ3) is 3.70. The van der Waals surface area contributed by atoms with Crippen molar-refractivity contribution >= 4 is 17.6 Å². The van der Waals surface area contributed by atoms with E-state index in [2.05, 4.69) is 15.2 Å². The molecule has 1 saturated heterocycles. The lowest BCUT2D eigenvalue weighted by Gasteiger charge is -2.14. The summed E-state index contributed by atoms with van der Waals surface area (Å²) < 4.78 is 6.67. The molecule has 1 aliphatic heterocycles. The van der Waals surface area contributed by atoms with Crippen LogP contribution in [0.15, 0.2) is 0 Å². The zero-order valence-corrected chi connectivity index (χ0v) is 12.6. The molecule has 1 aromatic heterocycles. The summed E-state index contributed by atoms with van der Waals surface area (Å²) in [5.74, 6) is -0.237. The van der Waals surface area contributed by atoms with Crippen LogP contribution in [0.2, 0.25) is 0 Å². The Morgan fingerprint density at radius 2 is 2.10 bits per heavy atom. The summed E-state index contributed by atoms with van der Waals surface area (Å²) in [6, 6.07) is 0. The minimum atomic E-state index is -0.450. The largest absolute Gasteiger partial charge is 0.461 e. The van der Waals surface area contributed by atoms with Crippen molar-refractivity contribution in [3.8, 4) is 0 Å². The van der Waals surface area contributed by atoms with Gasteiger partial charge in [0.2, 0.25) is 0 Å². The van der Waals surface area contributed by atoms with E-state index in [-0.39, 0.29) is 11.6 Å². The predicted octanol–water partition coefficient (Wildman–Crippen LogP) is 1.68.